The molecule has 2 atom stereocenters. The van der Waals surface area contributed by atoms with E-state index in [9.17, 15) is 19.5 Å². The number of carboxylic acids is 1. The zero-order valence-corrected chi connectivity index (χ0v) is 27.4. The van der Waals surface area contributed by atoms with Crippen LogP contribution in [-0.4, -0.2) is 87.2 Å². The predicted octanol–water partition coefficient (Wildman–Crippen LogP) is 6.33. The highest BCUT2D eigenvalue weighted by Gasteiger charge is 2.46. The molecule has 2 fully saturated rings. The first-order valence-electron chi connectivity index (χ1n) is 15.2. The zero-order chi connectivity index (χ0) is 31.1. The van der Waals surface area contributed by atoms with E-state index in [4.69, 9.17) is 18.9 Å². The average molecular weight is 641 g/mol. The van der Waals surface area contributed by atoms with Gasteiger partial charge in [-0.1, -0.05) is 59.4 Å². The molecule has 1 aromatic carbocycles. The van der Waals surface area contributed by atoms with E-state index >= 15 is 0 Å². The van der Waals surface area contributed by atoms with Gasteiger partial charge in [0.25, 0.3) is 0 Å². The van der Waals surface area contributed by atoms with Gasteiger partial charge in [0, 0.05) is 30.5 Å². The number of nitrogens with one attached hydrogen (secondary N) is 1. The van der Waals surface area contributed by atoms with Crippen LogP contribution in [0, 0.1) is 11.3 Å². The fraction of sp³-hybridized carbons (Fsp3) is 0.710. The Morgan fingerprint density at radius 3 is 2.37 bits per heavy atom. The summed E-state index contributed by atoms with van der Waals surface area (Å²) >= 11 is 0. The molecule has 0 unspecified atom stereocenters. The maximum atomic E-state index is 12.9. The quantitative estimate of drug-likeness (QED) is 0.120. The van der Waals surface area contributed by atoms with Crippen LogP contribution in [0.3, 0.4) is 0 Å². The molecule has 242 valence electrons. The Morgan fingerprint density at radius 1 is 1.00 bits per heavy atom. The molecule has 0 saturated heterocycles. The maximum absolute atomic E-state index is 12.9. The number of hydrogen-bond acceptors (Lipinski definition) is 10. The summed E-state index contributed by atoms with van der Waals surface area (Å²) in [6.07, 6.45) is 7.30. The summed E-state index contributed by atoms with van der Waals surface area (Å²) in [7, 11) is 8.75. The molecule has 12 heteroatoms. The highest BCUT2D eigenvalue weighted by atomic mass is 33.1. The Labute approximate surface area is 263 Å². The van der Waals surface area contributed by atoms with Gasteiger partial charge in [0.2, 0.25) is 0 Å². The van der Waals surface area contributed by atoms with E-state index in [1.807, 2.05) is 38.4 Å². The first-order chi connectivity index (χ1) is 20.7. The molecular formula is C31H48N2O8S2. The van der Waals surface area contributed by atoms with Gasteiger partial charge in [-0.3, -0.25) is 4.79 Å². The van der Waals surface area contributed by atoms with Gasteiger partial charge in [-0.25, -0.2) is 9.59 Å². The molecule has 2 aliphatic carbocycles. The molecule has 0 aliphatic heterocycles. The van der Waals surface area contributed by atoms with Crippen molar-refractivity contribution in [2.75, 3.05) is 59.0 Å². The second-order valence-electron chi connectivity index (χ2n) is 11.8. The monoisotopic (exact) mass is 640 g/mol. The van der Waals surface area contributed by atoms with Crippen molar-refractivity contribution >= 4 is 39.8 Å². The van der Waals surface area contributed by atoms with Gasteiger partial charge in [0.15, 0.2) is 0 Å². The van der Waals surface area contributed by atoms with E-state index in [-0.39, 0.29) is 31.0 Å². The van der Waals surface area contributed by atoms with Crippen LogP contribution in [0.4, 0.5) is 9.59 Å². The highest BCUT2D eigenvalue weighted by molar-refractivity contribution is 8.76. The molecule has 2 aliphatic rings. The molecule has 0 heterocycles. The molecule has 2 N–H and O–H groups in total. The fourth-order valence-electron chi connectivity index (χ4n) is 6.33. The highest BCUT2D eigenvalue weighted by Crippen LogP contribution is 2.46. The van der Waals surface area contributed by atoms with Crippen LogP contribution in [0.1, 0.15) is 69.8 Å². The number of hydrogen-bond donors (Lipinski definition) is 2. The van der Waals surface area contributed by atoms with Crippen LogP contribution in [0.5, 0.6) is 5.75 Å². The minimum atomic E-state index is -0.832. The SMILES string of the molecule is COc1cccc([C@@]2(OC(=O)OCCSSCCOC(=O)NCC3(CC(=O)O)CCCCC3)CCCC[C@@H]2CN(C)C)c1. The van der Waals surface area contributed by atoms with Crippen molar-refractivity contribution in [3.63, 3.8) is 0 Å². The second kappa shape index (κ2) is 17.9. The maximum Gasteiger partial charge on any atom is 0.509 e. The summed E-state index contributed by atoms with van der Waals surface area (Å²) < 4.78 is 22.4. The van der Waals surface area contributed by atoms with Crippen molar-refractivity contribution in [2.24, 2.45) is 11.3 Å². The molecule has 3 rings (SSSR count). The molecule has 1 amide bonds. The lowest BCUT2D eigenvalue weighted by Gasteiger charge is -2.44. The number of carbonyl (C=O) groups excluding carboxylic acids is 2. The molecule has 43 heavy (non-hydrogen) atoms. The third-order valence-electron chi connectivity index (χ3n) is 8.34. The predicted molar refractivity (Wildman–Crippen MR) is 170 cm³/mol. The van der Waals surface area contributed by atoms with E-state index in [2.05, 4.69) is 10.2 Å². The molecule has 0 bridgehead atoms. The summed E-state index contributed by atoms with van der Waals surface area (Å²) in [6.45, 7) is 1.55. The van der Waals surface area contributed by atoms with Gasteiger partial charge in [-0.2, -0.15) is 0 Å². The van der Waals surface area contributed by atoms with Crippen LogP contribution in [0.15, 0.2) is 24.3 Å². The largest absolute Gasteiger partial charge is 0.509 e. The summed E-state index contributed by atoms with van der Waals surface area (Å²) in [4.78, 5) is 38.5. The topological polar surface area (TPSA) is 124 Å². The van der Waals surface area contributed by atoms with Gasteiger partial charge in [0.1, 0.15) is 24.6 Å². The molecule has 0 radical (unpaired) electrons. The van der Waals surface area contributed by atoms with E-state index in [0.29, 0.717) is 18.1 Å². The van der Waals surface area contributed by atoms with Crippen molar-refractivity contribution in [3.8, 4) is 5.75 Å². The third kappa shape index (κ3) is 11.3. The smallest absolute Gasteiger partial charge is 0.497 e. The van der Waals surface area contributed by atoms with Crippen molar-refractivity contribution in [3.05, 3.63) is 29.8 Å². The Bertz CT molecular complexity index is 1040. The summed E-state index contributed by atoms with van der Waals surface area (Å²) in [5.41, 5.74) is -0.231. The molecular weight excluding hydrogens is 592 g/mol. The third-order valence-corrected chi connectivity index (χ3v) is 10.7. The van der Waals surface area contributed by atoms with Gasteiger partial charge in [-0.15, -0.1) is 0 Å². The van der Waals surface area contributed by atoms with Crippen molar-refractivity contribution in [1.82, 2.24) is 10.2 Å². The number of nitrogens with zero attached hydrogens (tertiary/aromatic N) is 1. The van der Waals surface area contributed by atoms with Crippen LogP contribution >= 0.6 is 21.6 Å². The Balaban J connectivity index is 1.38. The number of aliphatic carboxylic acids is 1. The number of amides is 1. The number of ether oxygens (including phenoxy) is 4. The van der Waals surface area contributed by atoms with Gasteiger partial charge >= 0.3 is 18.2 Å². The summed E-state index contributed by atoms with van der Waals surface area (Å²) in [5.74, 6) is 1.17. The van der Waals surface area contributed by atoms with Crippen LogP contribution in [-0.2, 0) is 24.6 Å². The standard InChI is InChI=1S/C31H48N2O8S2/c1-33(2)22-25-10-5-8-15-31(25,24-11-9-12-26(20-24)38-3)41-29(37)40-17-19-43-42-18-16-39-28(36)32-23-30(21-27(34)35)13-6-4-7-14-30/h9,11-12,20,25H,4-8,10,13-19,21-23H2,1-3H3,(H,32,36)(H,34,35)/t25-,31+/m1/s1. The summed E-state index contributed by atoms with van der Waals surface area (Å²) in [6, 6.07) is 7.78. The normalized spacial score (nSPS) is 21.5. The molecule has 0 aromatic heterocycles. The number of benzene rings is 1. The lowest BCUT2D eigenvalue weighted by Crippen LogP contribution is -2.46. The summed E-state index contributed by atoms with van der Waals surface area (Å²) in [5, 5.41) is 12.1. The molecule has 0 spiro atoms. The number of carboxylic acid groups (broad SMARTS) is 1. The van der Waals surface area contributed by atoms with Gasteiger partial charge in [-0.05, 0) is 69.3 Å². The number of methoxy groups -OCH3 is 1. The first kappa shape index (κ1) is 35.2. The number of carbonyl (C=O) groups is 3. The van der Waals surface area contributed by atoms with Gasteiger partial charge < -0.3 is 34.3 Å². The Morgan fingerprint density at radius 2 is 1.70 bits per heavy atom. The minimum absolute atomic E-state index is 0.0635. The van der Waals surface area contributed by atoms with E-state index in [0.717, 1.165) is 75.6 Å². The fourth-order valence-corrected chi connectivity index (χ4v) is 7.98. The van der Waals surface area contributed by atoms with Crippen molar-refractivity contribution < 1.29 is 38.4 Å². The number of rotatable bonds is 16. The molecule has 2 saturated carbocycles. The molecule has 1 aromatic rings. The van der Waals surface area contributed by atoms with E-state index < -0.39 is 23.8 Å². The van der Waals surface area contributed by atoms with E-state index in [1.54, 1.807) is 7.11 Å². The van der Waals surface area contributed by atoms with Crippen LogP contribution in [0.25, 0.3) is 0 Å². The lowest BCUT2D eigenvalue weighted by molar-refractivity contribution is -0.140. The van der Waals surface area contributed by atoms with Crippen molar-refractivity contribution in [1.29, 1.82) is 0 Å². The minimum Gasteiger partial charge on any atom is -0.497 e. The van der Waals surface area contributed by atoms with E-state index in [1.165, 1.54) is 21.6 Å². The first-order valence-corrected chi connectivity index (χ1v) is 17.7. The second-order valence-corrected chi connectivity index (χ2v) is 14.5. The van der Waals surface area contributed by atoms with Gasteiger partial charge in [0.05, 0.1) is 13.5 Å². The molecule has 10 nitrogen and oxygen atoms in total. The zero-order valence-electron chi connectivity index (χ0n) is 25.8. The van der Waals surface area contributed by atoms with Crippen molar-refractivity contribution in [2.45, 2.75) is 69.8 Å². The average Bonchev–Trinajstić information content (AvgIpc) is 2.98. The Kier molecular flexibility index (Phi) is 14.6. The number of alkyl carbamates (subject to hydrolysis) is 1. The Hall–Kier alpha value is -2.31. The van der Waals surface area contributed by atoms with Crippen LogP contribution < -0.4 is 10.1 Å². The van der Waals surface area contributed by atoms with Crippen LogP contribution in [0.2, 0.25) is 0 Å². The lowest BCUT2D eigenvalue weighted by atomic mass is 9.71.